The van der Waals surface area contributed by atoms with E-state index in [1.807, 2.05) is 23.6 Å². The number of nitrogens with zero attached hydrogens (tertiary/aromatic N) is 3. The first kappa shape index (κ1) is 15.8. The average Bonchev–Trinajstić information content (AvgIpc) is 3.13. The Labute approximate surface area is 144 Å². The number of rotatable bonds is 5. The number of carbonyl (C=O) groups excluding carboxylic acids is 1. The topological polar surface area (TPSA) is 58.1 Å². The van der Waals surface area contributed by atoms with Crippen molar-refractivity contribution in [2.75, 3.05) is 6.54 Å². The third-order valence-corrected chi connectivity index (χ3v) is 4.60. The van der Waals surface area contributed by atoms with Gasteiger partial charge in [-0.3, -0.25) is 14.7 Å². The van der Waals surface area contributed by atoms with Gasteiger partial charge in [0.05, 0.1) is 11.4 Å². The number of hydrogen-bond donors (Lipinski definition) is 1. The van der Waals surface area contributed by atoms with E-state index in [4.69, 9.17) is 12.2 Å². The van der Waals surface area contributed by atoms with Gasteiger partial charge < -0.3 is 5.32 Å². The standard InChI is InChI=1S/C16H16N4OS2/c1-2-3-8-20-15(21)13(19-16(20)22)9-11-10-23-14(18-11)12-6-4-5-7-17-12/h4-7,9-10H,2-3,8H2,1H3,(H,19,22). The molecule has 0 radical (unpaired) electrons. The molecule has 0 aromatic carbocycles. The Bertz CT molecular complexity index is 754. The van der Waals surface area contributed by atoms with E-state index in [9.17, 15) is 4.79 Å². The van der Waals surface area contributed by atoms with Gasteiger partial charge in [0.15, 0.2) is 5.11 Å². The third kappa shape index (κ3) is 3.46. The van der Waals surface area contributed by atoms with Crippen molar-refractivity contribution in [3.8, 4) is 10.7 Å². The summed E-state index contributed by atoms with van der Waals surface area (Å²) in [7, 11) is 0. The number of thiazole rings is 1. The lowest BCUT2D eigenvalue weighted by atomic mass is 10.3. The van der Waals surface area contributed by atoms with Crippen LogP contribution in [0.2, 0.25) is 0 Å². The fourth-order valence-electron chi connectivity index (χ4n) is 2.20. The zero-order chi connectivity index (χ0) is 16.2. The first-order valence-corrected chi connectivity index (χ1v) is 8.69. The highest BCUT2D eigenvalue weighted by molar-refractivity contribution is 7.80. The predicted octanol–water partition coefficient (Wildman–Crippen LogP) is 3.06. The number of unbranched alkanes of at least 4 members (excludes halogenated alkanes) is 1. The van der Waals surface area contributed by atoms with Crippen LogP contribution in [0.3, 0.4) is 0 Å². The summed E-state index contributed by atoms with van der Waals surface area (Å²) in [6, 6.07) is 5.71. The average molecular weight is 344 g/mol. The van der Waals surface area contributed by atoms with E-state index < -0.39 is 0 Å². The Morgan fingerprint density at radius 2 is 2.30 bits per heavy atom. The van der Waals surface area contributed by atoms with E-state index in [1.165, 1.54) is 11.3 Å². The second kappa shape index (κ2) is 6.97. The Morgan fingerprint density at radius 3 is 3.04 bits per heavy atom. The Kier molecular flexibility index (Phi) is 4.78. The lowest BCUT2D eigenvalue weighted by Gasteiger charge is -2.12. The highest BCUT2D eigenvalue weighted by Gasteiger charge is 2.30. The number of thiocarbonyl (C=S) groups is 1. The molecule has 0 saturated carbocycles. The molecule has 118 valence electrons. The zero-order valence-electron chi connectivity index (χ0n) is 12.7. The highest BCUT2D eigenvalue weighted by Crippen LogP contribution is 2.23. The Balaban J connectivity index is 1.79. The van der Waals surface area contributed by atoms with Gasteiger partial charge in [0.1, 0.15) is 10.7 Å². The van der Waals surface area contributed by atoms with Gasteiger partial charge >= 0.3 is 0 Å². The molecule has 1 fully saturated rings. The lowest BCUT2D eigenvalue weighted by Crippen LogP contribution is -2.31. The van der Waals surface area contributed by atoms with Gasteiger partial charge in [-0.05, 0) is 36.8 Å². The largest absolute Gasteiger partial charge is 0.328 e. The number of amides is 1. The molecule has 2 aromatic rings. The van der Waals surface area contributed by atoms with E-state index in [0.717, 1.165) is 29.2 Å². The van der Waals surface area contributed by atoms with Crippen molar-refractivity contribution >= 4 is 40.7 Å². The van der Waals surface area contributed by atoms with Crippen molar-refractivity contribution in [1.82, 2.24) is 20.2 Å². The van der Waals surface area contributed by atoms with Crippen LogP contribution in [0.4, 0.5) is 0 Å². The summed E-state index contributed by atoms with van der Waals surface area (Å²) in [5.41, 5.74) is 2.03. The van der Waals surface area contributed by atoms with Crippen molar-refractivity contribution in [3.63, 3.8) is 0 Å². The maximum atomic E-state index is 12.4. The lowest BCUT2D eigenvalue weighted by molar-refractivity contribution is -0.122. The molecule has 1 aliphatic rings. The molecule has 0 atom stereocenters. The van der Waals surface area contributed by atoms with Crippen molar-refractivity contribution < 1.29 is 4.79 Å². The molecule has 23 heavy (non-hydrogen) atoms. The molecule has 2 aromatic heterocycles. The van der Waals surface area contributed by atoms with E-state index >= 15 is 0 Å². The molecule has 1 N–H and O–H groups in total. The maximum absolute atomic E-state index is 12.4. The molecule has 1 amide bonds. The first-order valence-electron chi connectivity index (χ1n) is 7.40. The second-order valence-electron chi connectivity index (χ2n) is 5.09. The number of hydrogen-bond acceptors (Lipinski definition) is 5. The predicted molar refractivity (Wildman–Crippen MR) is 95.7 cm³/mol. The number of aromatic nitrogens is 2. The van der Waals surface area contributed by atoms with Gasteiger partial charge in [0.25, 0.3) is 5.91 Å². The molecule has 7 heteroatoms. The minimum Gasteiger partial charge on any atom is -0.328 e. The molecule has 0 bridgehead atoms. The van der Waals surface area contributed by atoms with Crippen LogP contribution in [-0.2, 0) is 4.79 Å². The van der Waals surface area contributed by atoms with Crippen LogP contribution in [0.15, 0.2) is 35.5 Å². The monoisotopic (exact) mass is 344 g/mol. The summed E-state index contributed by atoms with van der Waals surface area (Å²) in [6.07, 6.45) is 5.43. The van der Waals surface area contributed by atoms with Gasteiger partial charge in [-0.15, -0.1) is 11.3 Å². The van der Waals surface area contributed by atoms with Gasteiger partial charge in [-0.2, -0.15) is 0 Å². The summed E-state index contributed by atoms with van der Waals surface area (Å²) >= 11 is 6.73. The fourth-order valence-corrected chi connectivity index (χ4v) is 3.24. The molecule has 1 saturated heterocycles. The van der Waals surface area contributed by atoms with Crippen LogP contribution >= 0.6 is 23.6 Å². The van der Waals surface area contributed by atoms with Crippen LogP contribution in [0, 0.1) is 0 Å². The van der Waals surface area contributed by atoms with Gasteiger partial charge in [0.2, 0.25) is 0 Å². The molecular formula is C16H16N4OS2. The Morgan fingerprint density at radius 1 is 1.43 bits per heavy atom. The zero-order valence-corrected chi connectivity index (χ0v) is 14.3. The summed E-state index contributed by atoms with van der Waals surface area (Å²) in [6.45, 7) is 2.73. The van der Waals surface area contributed by atoms with Crippen LogP contribution in [-0.4, -0.2) is 32.4 Å². The summed E-state index contributed by atoms with van der Waals surface area (Å²) in [5, 5.41) is 6.18. The van der Waals surface area contributed by atoms with E-state index in [0.29, 0.717) is 17.4 Å². The van der Waals surface area contributed by atoms with Gasteiger partial charge in [-0.25, -0.2) is 4.98 Å². The first-order chi connectivity index (χ1) is 11.2. The molecule has 3 heterocycles. The number of carbonyl (C=O) groups is 1. The summed E-state index contributed by atoms with van der Waals surface area (Å²) in [4.78, 5) is 22.8. The van der Waals surface area contributed by atoms with Crippen molar-refractivity contribution in [3.05, 3.63) is 41.2 Å². The number of nitrogens with one attached hydrogen (secondary N) is 1. The van der Waals surface area contributed by atoms with Crippen LogP contribution in [0.25, 0.3) is 16.8 Å². The fraction of sp³-hybridized carbons (Fsp3) is 0.250. The second-order valence-corrected chi connectivity index (χ2v) is 6.34. The van der Waals surface area contributed by atoms with Crippen molar-refractivity contribution in [2.24, 2.45) is 0 Å². The summed E-state index contributed by atoms with van der Waals surface area (Å²) in [5.74, 6) is -0.0872. The quantitative estimate of drug-likeness (QED) is 0.667. The van der Waals surface area contributed by atoms with Crippen LogP contribution in [0.5, 0.6) is 0 Å². The minimum absolute atomic E-state index is 0.0872. The number of pyridine rings is 1. The van der Waals surface area contributed by atoms with Crippen molar-refractivity contribution in [1.29, 1.82) is 0 Å². The molecule has 3 rings (SSSR count). The van der Waals surface area contributed by atoms with Gasteiger partial charge in [-0.1, -0.05) is 19.4 Å². The molecule has 0 aliphatic carbocycles. The molecule has 0 unspecified atom stereocenters. The third-order valence-electron chi connectivity index (χ3n) is 3.40. The maximum Gasteiger partial charge on any atom is 0.276 e. The Hall–Kier alpha value is -2.12. The summed E-state index contributed by atoms with van der Waals surface area (Å²) < 4.78 is 0. The smallest absolute Gasteiger partial charge is 0.276 e. The molecule has 1 aliphatic heterocycles. The van der Waals surface area contributed by atoms with Crippen molar-refractivity contribution in [2.45, 2.75) is 19.8 Å². The molecule has 5 nitrogen and oxygen atoms in total. The molecule has 0 spiro atoms. The molecular weight excluding hydrogens is 328 g/mol. The van der Waals surface area contributed by atoms with Crippen LogP contribution in [0.1, 0.15) is 25.5 Å². The van der Waals surface area contributed by atoms with E-state index in [-0.39, 0.29) is 5.91 Å². The normalized spacial score (nSPS) is 16.2. The van der Waals surface area contributed by atoms with E-state index in [2.05, 4.69) is 22.2 Å². The van der Waals surface area contributed by atoms with Gasteiger partial charge in [0, 0.05) is 18.1 Å². The highest BCUT2D eigenvalue weighted by atomic mass is 32.1. The van der Waals surface area contributed by atoms with E-state index in [1.54, 1.807) is 17.2 Å². The minimum atomic E-state index is -0.0872. The SMILES string of the molecule is CCCCN1C(=O)C(=Cc2csc(-c3ccccn3)n2)NC1=S. The van der Waals surface area contributed by atoms with Crippen LogP contribution < -0.4 is 5.32 Å².